The van der Waals surface area contributed by atoms with Crippen LogP contribution in [0, 0.1) is 0 Å². The average molecular weight is 358 g/mol. The second kappa shape index (κ2) is 6.61. The van der Waals surface area contributed by atoms with Crippen molar-refractivity contribution in [2.24, 2.45) is 7.05 Å². The third-order valence-corrected chi connectivity index (χ3v) is 4.67. The Morgan fingerprint density at radius 3 is 2.48 bits per heavy atom. The fourth-order valence-electron chi connectivity index (χ4n) is 3.38. The predicted octanol–water partition coefficient (Wildman–Crippen LogP) is 3.95. The molecular weight excluding hydrogens is 340 g/mol. The van der Waals surface area contributed by atoms with Gasteiger partial charge >= 0.3 is 0 Å². The molecule has 1 N–H and O–H groups in total. The number of benzene rings is 3. The van der Waals surface area contributed by atoms with Crippen LogP contribution in [-0.2, 0) is 7.05 Å². The molecule has 134 valence electrons. The summed E-state index contributed by atoms with van der Waals surface area (Å²) in [5, 5.41) is 5.27. The van der Waals surface area contributed by atoms with Gasteiger partial charge in [-0.2, -0.15) is 0 Å². The van der Waals surface area contributed by atoms with Crippen molar-refractivity contribution >= 4 is 33.3 Å². The molecule has 0 atom stereocenters. The van der Waals surface area contributed by atoms with E-state index < -0.39 is 5.91 Å². The predicted molar refractivity (Wildman–Crippen MR) is 108 cm³/mol. The van der Waals surface area contributed by atoms with Gasteiger partial charge in [-0.3, -0.25) is 9.59 Å². The van der Waals surface area contributed by atoms with E-state index in [0.717, 1.165) is 10.8 Å². The lowest BCUT2D eigenvalue weighted by atomic mass is 10.1. The number of hydrogen-bond acceptors (Lipinski definition) is 3. The Hall–Kier alpha value is -3.60. The van der Waals surface area contributed by atoms with Gasteiger partial charge in [-0.1, -0.05) is 42.5 Å². The molecule has 27 heavy (non-hydrogen) atoms. The molecular formula is C22H18N2O3. The number of fused-ring (bicyclic) bond motifs is 2. The highest BCUT2D eigenvalue weighted by Gasteiger charge is 2.17. The normalized spacial score (nSPS) is 10.9. The van der Waals surface area contributed by atoms with E-state index in [-0.39, 0.29) is 11.0 Å². The lowest BCUT2D eigenvalue weighted by Gasteiger charge is -2.13. The number of ether oxygens (including phenoxy) is 1. The summed E-state index contributed by atoms with van der Waals surface area (Å²) in [4.78, 5) is 25.8. The maximum Gasteiger partial charge on any atom is 0.261 e. The molecule has 1 heterocycles. The zero-order valence-electron chi connectivity index (χ0n) is 15.0. The summed E-state index contributed by atoms with van der Waals surface area (Å²) in [6.07, 6.45) is 1.55. The maximum absolute atomic E-state index is 12.9. The van der Waals surface area contributed by atoms with Gasteiger partial charge in [0.2, 0.25) is 5.43 Å². The molecule has 0 saturated carbocycles. The van der Waals surface area contributed by atoms with Crippen LogP contribution in [0.4, 0.5) is 5.69 Å². The molecule has 5 nitrogen and oxygen atoms in total. The molecule has 0 spiro atoms. The van der Waals surface area contributed by atoms with Gasteiger partial charge in [0, 0.05) is 24.3 Å². The molecule has 0 unspecified atom stereocenters. The Balaban J connectivity index is 1.82. The molecule has 1 aromatic heterocycles. The van der Waals surface area contributed by atoms with E-state index in [2.05, 4.69) is 5.32 Å². The van der Waals surface area contributed by atoms with Crippen molar-refractivity contribution in [2.75, 3.05) is 12.4 Å². The first-order chi connectivity index (χ1) is 13.1. The fraction of sp³-hybridized carbons (Fsp3) is 0.0909. The Kier molecular flexibility index (Phi) is 4.12. The second-order valence-electron chi connectivity index (χ2n) is 6.32. The number of rotatable bonds is 3. The van der Waals surface area contributed by atoms with Crippen LogP contribution in [0.25, 0.3) is 21.7 Å². The van der Waals surface area contributed by atoms with Crippen molar-refractivity contribution in [1.29, 1.82) is 0 Å². The minimum absolute atomic E-state index is 0.0891. The molecule has 5 heteroatoms. The summed E-state index contributed by atoms with van der Waals surface area (Å²) in [6.45, 7) is 0. The van der Waals surface area contributed by atoms with Crippen molar-refractivity contribution in [3.05, 3.63) is 82.6 Å². The number of aromatic nitrogens is 1. The molecule has 0 aliphatic heterocycles. The number of anilines is 1. The fourth-order valence-corrected chi connectivity index (χ4v) is 3.38. The number of pyridine rings is 1. The van der Waals surface area contributed by atoms with Crippen LogP contribution in [0.1, 0.15) is 10.4 Å². The van der Waals surface area contributed by atoms with E-state index in [1.807, 2.05) is 42.5 Å². The summed E-state index contributed by atoms with van der Waals surface area (Å²) >= 11 is 0. The Morgan fingerprint density at radius 1 is 0.963 bits per heavy atom. The quantitative estimate of drug-likeness (QED) is 0.603. The third kappa shape index (κ3) is 2.83. The van der Waals surface area contributed by atoms with Crippen LogP contribution in [0.2, 0.25) is 0 Å². The van der Waals surface area contributed by atoms with Gasteiger partial charge in [-0.25, -0.2) is 0 Å². The van der Waals surface area contributed by atoms with Crippen molar-refractivity contribution < 1.29 is 9.53 Å². The van der Waals surface area contributed by atoms with Crippen LogP contribution >= 0.6 is 0 Å². The first kappa shape index (κ1) is 16.8. The number of nitrogens with zero attached hydrogens (tertiary/aromatic N) is 1. The molecule has 4 aromatic rings. The Labute approximate surface area is 155 Å². The topological polar surface area (TPSA) is 60.3 Å². The van der Waals surface area contributed by atoms with E-state index >= 15 is 0 Å². The van der Waals surface area contributed by atoms with E-state index in [4.69, 9.17) is 4.74 Å². The molecule has 1 amide bonds. The summed E-state index contributed by atoms with van der Waals surface area (Å²) in [5.41, 5.74) is 1.10. The summed E-state index contributed by atoms with van der Waals surface area (Å²) < 4.78 is 7.09. The number of methoxy groups -OCH3 is 1. The molecule has 0 saturated heterocycles. The third-order valence-electron chi connectivity index (χ3n) is 4.67. The van der Waals surface area contributed by atoms with Crippen LogP contribution in [0.15, 0.2) is 71.7 Å². The van der Waals surface area contributed by atoms with E-state index in [0.29, 0.717) is 22.3 Å². The van der Waals surface area contributed by atoms with Gasteiger partial charge in [-0.15, -0.1) is 0 Å². The summed E-state index contributed by atoms with van der Waals surface area (Å²) in [6, 6.07) is 18.7. The van der Waals surface area contributed by atoms with Crippen LogP contribution < -0.4 is 15.5 Å². The minimum Gasteiger partial charge on any atom is -0.495 e. The standard InChI is InChI=1S/C22H18N2O3/c1-24-13-17(21(25)16-10-6-12-19(27-2)20(16)24)22(26)23-18-11-5-8-14-7-3-4-9-15(14)18/h3-13H,1-2H3,(H,23,26). The molecule has 0 aliphatic carbocycles. The average Bonchev–Trinajstić information content (AvgIpc) is 2.70. The lowest BCUT2D eigenvalue weighted by molar-refractivity contribution is 0.102. The maximum atomic E-state index is 12.9. The van der Waals surface area contributed by atoms with Gasteiger partial charge in [0.05, 0.1) is 18.0 Å². The number of nitrogens with one attached hydrogen (secondary N) is 1. The van der Waals surface area contributed by atoms with Crippen molar-refractivity contribution in [1.82, 2.24) is 4.57 Å². The molecule has 3 aromatic carbocycles. The number of para-hydroxylation sites is 1. The van der Waals surface area contributed by atoms with Crippen LogP contribution in [0.5, 0.6) is 5.75 Å². The monoisotopic (exact) mass is 358 g/mol. The van der Waals surface area contributed by atoms with Crippen LogP contribution in [0.3, 0.4) is 0 Å². The lowest BCUT2D eigenvalue weighted by Crippen LogP contribution is -2.23. The zero-order chi connectivity index (χ0) is 19.0. The van der Waals surface area contributed by atoms with Gasteiger partial charge in [0.25, 0.3) is 5.91 Å². The number of carbonyl (C=O) groups is 1. The largest absolute Gasteiger partial charge is 0.495 e. The number of amides is 1. The molecule has 0 fully saturated rings. The Bertz CT molecular complexity index is 1240. The number of aryl methyl sites for hydroxylation is 1. The van der Waals surface area contributed by atoms with Crippen molar-refractivity contribution in [2.45, 2.75) is 0 Å². The Morgan fingerprint density at radius 2 is 1.67 bits per heavy atom. The second-order valence-corrected chi connectivity index (χ2v) is 6.32. The SMILES string of the molecule is COc1cccc2c(=O)c(C(=O)Nc3cccc4ccccc34)cn(C)c12. The van der Waals surface area contributed by atoms with Gasteiger partial charge in [0.1, 0.15) is 11.3 Å². The first-order valence-electron chi connectivity index (χ1n) is 8.55. The molecule has 0 aliphatic rings. The summed E-state index contributed by atoms with van der Waals surface area (Å²) in [5.74, 6) is 0.157. The highest BCUT2D eigenvalue weighted by Crippen LogP contribution is 2.25. The molecule has 0 radical (unpaired) electrons. The van der Waals surface area contributed by atoms with E-state index in [9.17, 15) is 9.59 Å². The van der Waals surface area contributed by atoms with Gasteiger partial charge in [0.15, 0.2) is 0 Å². The zero-order valence-corrected chi connectivity index (χ0v) is 15.0. The highest BCUT2D eigenvalue weighted by atomic mass is 16.5. The van der Waals surface area contributed by atoms with E-state index in [1.165, 1.54) is 0 Å². The number of carbonyl (C=O) groups excluding carboxylic acids is 1. The first-order valence-corrected chi connectivity index (χ1v) is 8.55. The summed E-state index contributed by atoms with van der Waals surface area (Å²) in [7, 11) is 3.35. The molecule has 0 bridgehead atoms. The van der Waals surface area contributed by atoms with Gasteiger partial charge < -0.3 is 14.6 Å². The molecule has 4 rings (SSSR count). The van der Waals surface area contributed by atoms with Gasteiger partial charge in [-0.05, 0) is 23.6 Å². The highest BCUT2D eigenvalue weighted by molar-refractivity contribution is 6.10. The smallest absolute Gasteiger partial charge is 0.261 e. The number of hydrogen-bond donors (Lipinski definition) is 1. The minimum atomic E-state index is -0.434. The van der Waals surface area contributed by atoms with Crippen LogP contribution in [-0.4, -0.2) is 17.6 Å². The van der Waals surface area contributed by atoms with E-state index in [1.54, 1.807) is 43.1 Å². The van der Waals surface area contributed by atoms with Crippen molar-refractivity contribution in [3.63, 3.8) is 0 Å². The van der Waals surface area contributed by atoms with Crippen molar-refractivity contribution in [3.8, 4) is 5.75 Å².